The number of nitro groups is 1. The minimum atomic E-state index is -0.360. The number of aromatic nitrogens is 1. The molecule has 1 heterocycles. The van der Waals surface area contributed by atoms with Crippen LogP contribution in [0.25, 0.3) is 0 Å². The molecule has 0 fully saturated rings. The molecule has 4 heteroatoms. The van der Waals surface area contributed by atoms with Crippen LogP contribution in [-0.4, -0.2) is 9.91 Å². The molecular weight excluding hydrogens is 144 g/mol. The van der Waals surface area contributed by atoms with Crippen molar-refractivity contribution in [1.29, 1.82) is 0 Å². The van der Waals surface area contributed by atoms with Crippen molar-refractivity contribution in [3.05, 3.63) is 28.1 Å². The summed E-state index contributed by atoms with van der Waals surface area (Å²) in [6, 6.07) is 1.49. The third-order valence-corrected chi connectivity index (χ3v) is 1.50. The third kappa shape index (κ3) is 1.58. The van der Waals surface area contributed by atoms with Crippen molar-refractivity contribution in [3.63, 3.8) is 0 Å². The van der Waals surface area contributed by atoms with Crippen LogP contribution in [0.5, 0.6) is 0 Å². The van der Waals surface area contributed by atoms with Crippen LogP contribution in [0.1, 0.15) is 19.0 Å². The lowest BCUT2D eigenvalue weighted by Gasteiger charge is -1.92. The Kier molecular flexibility index (Phi) is 2.25. The Hall–Kier alpha value is -1.32. The highest BCUT2D eigenvalue weighted by Crippen LogP contribution is 2.17. The van der Waals surface area contributed by atoms with E-state index in [1.807, 2.05) is 6.92 Å². The molecule has 0 bridgehead atoms. The Morgan fingerprint density at radius 1 is 1.73 bits per heavy atom. The molecule has 0 amide bonds. The molecule has 0 saturated carbocycles. The molecule has 1 rings (SSSR count). The summed E-state index contributed by atoms with van der Waals surface area (Å²) < 4.78 is 0. The smallest absolute Gasteiger partial charge is 0.289 e. The average molecular weight is 154 g/mol. The van der Waals surface area contributed by atoms with Gasteiger partial charge in [0, 0.05) is 12.3 Å². The molecule has 0 aliphatic carbocycles. The summed E-state index contributed by atoms with van der Waals surface area (Å²) >= 11 is 0. The van der Waals surface area contributed by atoms with Gasteiger partial charge in [0.05, 0.1) is 10.6 Å². The molecule has 60 valence electrons. The maximum atomic E-state index is 10.3. The molecule has 0 unspecified atom stereocenters. The molecule has 0 aliphatic heterocycles. The van der Waals surface area contributed by atoms with Gasteiger partial charge >= 0.3 is 0 Å². The highest BCUT2D eigenvalue weighted by atomic mass is 16.6. The number of hydrogen-bond acceptors (Lipinski definition) is 2. The van der Waals surface area contributed by atoms with Gasteiger partial charge in [-0.15, -0.1) is 0 Å². The quantitative estimate of drug-likeness (QED) is 0.533. The number of nitrogens with zero attached hydrogens (tertiary/aromatic N) is 1. The van der Waals surface area contributed by atoms with Gasteiger partial charge in [0.15, 0.2) is 0 Å². The molecule has 4 nitrogen and oxygen atoms in total. The van der Waals surface area contributed by atoms with E-state index in [0.29, 0.717) is 0 Å². The summed E-state index contributed by atoms with van der Waals surface area (Å²) in [6.07, 6.45) is 3.26. The minimum Gasteiger partial charge on any atom is -0.359 e. The van der Waals surface area contributed by atoms with Gasteiger partial charge in [-0.3, -0.25) is 10.1 Å². The summed E-state index contributed by atoms with van der Waals surface area (Å²) in [5, 5.41) is 10.3. The zero-order chi connectivity index (χ0) is 8.27. The van der Waals surface area contributed by atoms with Crippen molar-refractivity contribution in [2.75, 3.05) is 0 Å². The van der Waals surface area contributed by atoms with E-state index in [1.165, 1.54) is 6.07 Å². The molecule has 0 spiro atoms. The lowest BCUT2D eigenvalue weighted by Crippen LogP contribution is -1.92. The summed E-state index contributed by atoms with van der Waals surface area (Å²) in [7, 11) is 0. The predicted molar refractivity (Wildman–Crippen MR) is 41.4 cm³/mol. The fourth-order valence-corrected chi connectivity index (χ4v) is 1.02. The van der Waals surface area contributed by atoms with E-state index < -0.39 is 0 Å². The number of aromatic amines is 1. The second-order valence-corrected chi connectivity index (χ2v) is 2.35. The second kappa shape index (κ2) is 3.18. The first-order chi connectivity index (χ1) is 5.25. The first-order valence-corrected chi connectivity index (χ1v) is 3.56. The maximum Gasteiger partial charge on any atom is 0.289 e. The highest BCUT2D eigenvalue weighted by molar-refractivity contribution is 5.35. The van der Waals surface area contributed by atoms with Gasteiger partial charge in [-0.05, 0) is 6.42 Å². The van der Waals surface area contributed by atoms with Gasteiger partial charge < -0.3 is 4.98 Å². The zero-order valence-electron chi connectivity index (χ0n) is 6.33. The van der Waals surface area contributed by atoms with E-state index in [-0.39, 0.29) is 10.6 Å². The summed E-state index contributed by atoms with van der Waals surface area (Å²) in [5.74, 6) is 0. The Morgan fingerprint density at radius 2 is 2.45 bits per heavy atom. The molecule has 0 aromatic carbocycles. The number of H-pyrrole nitrogens is 1. The van der Waals surface area contributed by atoms with Gasteiger partial charge in [-0.2, -0.15) is 0 Å². The van der Waals surface area contributed by atoms with Gasteiger partial charge in [0.1, 0.15) is 0 Å². The molecule has 0 saturated heterocycles. The number of hydrogen-bond donors (Lipinski definition) is 1. The van der Waals surface area contributed by atoms with Crippen LogP contribution in [0.2, 0.25) is 0 Å². The molecule has 1 aromatic rings. The van der Waals surface area contributed by atoms with Crippen molar-refractivity contribution < 1.29 is 4.92 Å². The van der Waals surface area contributed by atoms with Gasteiger partial charge in [0.25, 0.3) is 5.69 Å². The number of rotatable bonds is 3. The van der Waals surface area contributed by atoms with E-state index in [2.05, 4.69) is 4.98 Å². The van der Waals surface area contributed by atoms with Crippen molar-refractivity contribution in [2.45, 2.75) is 19.8 Å². The van der Waals surface area contributed by atoms with Gasteiger partial charge in [-0.1, -0.05) is 13.3 Å². The van der Waals surface area contributed by atoms with Gasteiger partial charge in [0.2, 0.25) is 0 Å². The molecule has 0 radical (unpaired) electrons. The number of aryl methyl sites for hydroxylation is 1. The summed E-state index contributed by atoms with van der Waals surface area (Å²) in [4.78, 5) is 12.8. The van der Waals surface area contributed by atoms with Crippen LogP contribution in [0.4, 0.5) is 5.69 Å². The molecular formula is C7H10N2O2. The summed E-state index contributed by atoms with van der Waals surface area (Å²) in [5.41, 5.74) is 0.921. The number of nitrogens with one attached hydrogen (secondary N) is 1. The van der Waals surface area contributed by atoms with Crippen LogP contribution in [0, 0.1) is 10.1 Å². The van der Waals surface area contributed by atoms with Crippen LogP contribution >= 0.6 is 0 Å². The minimum absolute atomic E-state index is 0.201. The molecule has 11 heavy (non-hydrogen) atoms. The van der Waals surface area contributed by atoms with Crippen LogP contribution in [0.3, 0.4) is 0 Å². The van der Waals surface area contributed by atoms with Crippen LogP contribution < -0.4 is 0 Å². The van der Waals surface area contributed by atoms with Crippen molar-refractivity contribution in [3.8, 4) is 0 Å². The van der Waals surface area contributed by atoms with E-state index in [0.717, 1.165) is 18.5 Å². The molecule has 1 N–H and O–H groups in total. The largest absolute Gasteiger partial charge is 0.359 e. The van der Waals surface area contributed by atoms with Gasteiger partial charge in [-0.25, -0.2) is 0 Å². The van der Waals surface area contributed by atoms with E-state index in [9.17, 15) is 10.1 Å². The van der Waals surface area contributed by atoms with Crippen LogP contribution in [-0.2, 0) is 6.42 Å². The average Bonchev–Trinajstić information content (AvgIpc) is 2.36. The van der Waals surface area contributed by atoms with Crippen molar-refractivity contribution in [1.82, 2.24) is 4.98 Å². The third-order valence-electron chi connectivity index (χ3n) is 1.50. The van der Waals surface area contributed by atoms with E-state index in [4.69, 9.17) is 0 Å². The van der Waals surface area contributed by atoms with Crippen LogP contribution in [0.15, 0.2) is 12.3 Å². The lowest BCUT2D eigenvalue weighted by molar-refractivity contribution is -0.385. The fourth-order valence-electron chi connectivity index (χ4n) is 1.02. The Bertz CT molecular complexity index is 255. The predicted octanol–water partition coefficient (Wildman–Crippen LogP) is 1.88. The van der Waals surface area contributed by atoms with E-state index >= 15 is 0 Å². The van der Waals surface area contributed by atoms with Crippen molar-refractivity contribution in [2.24, 2.45) is 0 Å². The normalized spacial score (nSPS) is 9.91. The Balaban J connectivity index is 2.87. The molecule has 0 atom stereocenters. The lowest BCUT2D eigenvalue weighted by atomic mass is 10.2. The standard InChI is InChI=1S/C7H10N2O2/c1-2-3-6-7(9(10)11)4-5-8-6/h4-5,8H,2-3H2,1H3. The second-order valence-electron chi connectivity index (χ2n) is 2.35. The van der Waals surface area contributed by atoms with Crippen molar-refractivity contribution >= 4 is 5.69 Å². The Labute approximate surface area is 64.4 Å². The molecule has 1 aromatic heterocycles. The first kappa shape index (κ1) is 7.78. The highest BCUT2D eigenvalue weighted by Gasteiger charge is 2.12. The zero-order valence-corrected chi connectivity index (χ0v) is 6.33. The summed E-state index contributed by atoms with van der Waals surface area (Å²) in [6.45, 7) is 1.99. The topological polar surface area (TPSA) is 58.9 Å². The maximum absolute atomic E-state index is 10.3. The SMILES string of the molecule is CCCc1[nH]ccc1[N+](=O)[O-]. The first-order valence-electron chi connectivity index (χ1n) is 3.56. The van der Waals surface area contributed by atoms with E-state index in [1.54, 1.807) is 6.20 Å². The monoisotopic (exact) mass is 154 g/mol. The molecule has 0 aliphatic rings. The Morgan fingerprint density at radius 3 is 3.00 bits per heavy atom. The fraction of sp³-hybridized carbons (Fsp3) is 0.429.